The number of anilines is 1. The Morgan fingerprint density at radius 1 is 1.20 bits per heavy atom. The molecular formula is C13H17F2N3O2. The summed E-state index contributed by atoms with van der Waals surface area (Å²) < 4.78 is 25.9. The van der Waals surface area contributed by atoms with Crippen LogP contribution in [-0.2, 0) is 4.79 Å². The summed E-state index contributed by atoms with van der Waals surface area (Å²) in [5.74, 6) is -3.12. The molecule has 0 fully saturated rings. The van der Waals surface area contributed by atoms with Crippen molar-refractivity contribution in [2.24, 2.45) is 5.92 Å². The molecule has 0 radical (unpaired) electrons. The van der Waals surface area contributed by atoms with Gasteiger partial charge in [0, 0.05) is 18.3 Å². The minimum Gasteiger partial charge on any atom is -0.398 e. The van der Waals surface area contributed by atoms with Crippen molar-refractivity contribution in [3.8, 4) is 0 Å². The number of nitrogens with one attached hydrogen (secondary N) is 2. The van der Waals surface area contributed by atoms with Crippen molar-refractivity contribution in [2.45, 2.75) is 13.8 Å². The Kier molecular flexibility index (Phi) is 5.42. The van der Waals surface area contributed by atoms with Gasteiger partial charge < -0.3 is 16.4 Å². The second-order valence-corrected chi connectivity index (χ2v) is 4.73. The minimum atomic E-state index is -1.17. The monoisotopic (exact) mass is 285 g/mol. The molecule has 0 aromatic heterocycles. The maximum Gasteiger partial charge on any atom is 0.253 e. The molecule has 2 amide bonds. The summed E-state index contributed by atoms with van der Waals surface area (Å²) in [4.78, 5) is 23.1. The van der Waals surface area contributed by atoms with E-state index in [9.17, 15) is 18.4 Å². The van der Waals surface area contributed by atoms with E-state index in [0.29, 0.717) is 12.6 Å². The van der Waals surface area contributed by atoms with E-state index in [1.807, 2.05) is 13.8 Å². The molecule has 0 aliphatic rings. The predicted molar refractivity (Wildman–Crippen MR) is 71.0 cm³/mol. The van der Waals surface area contributed by atoms with Gasteiger partial charge in [0.2, 0.25) is 5.91 Å². The van der Waals surface area contributed by atoms with E-state index in [2.05, 4.69) is 10.6 Å². The van der Waals surface area contributed by atoms with Gasteiger partial charge in [0.05, 0.1) is 12.1 Å². The summed E-state index contributed by atoms with van der Waals surface area (Å²) in [7, 11) is 0. The SMILES string of the molecule is CC(C)CNC(=O)CNC(=O)c1cc(F)c(F)cc1N. The van der Waals surface area contributed by atoms with Crippen molar-refractivity contribution in [1.29, 1.82) is 0 Å². The summed E-state index contributed by atoms with van der Waals surface area (Å²) in [5, 5.41) is 4.89. The Labute approximate surface area is 115 Å². The van der Waals surface area contributed by atoms with E-state index in [1.54, 1.807) is 0 Å². The Morgan fingerprint density at radius 2 is 1.80 bits per heavy atom. The van der Waals surface area contributed by atoms with Crippen molar-refractivity contribution in [1.82, 2.24) is 10.6 Å². The van der Waals surface area contributed by atoms with E-state index in [0.717, 1.165) is 6.07 Å². The standard InChI is InChI=1S/C13H17F2N3O2/c1-7(2)5-17-12(19)6-18-13(20)8-3-9(14)10(15)4-11(8)16/h3-4,7H,5-6,16H2,1-2H3,(H,17,19)(H,18,20). The number of hydrogen-bond donors (Lipinski definition) is 3. The van der Waals surface area contributed by atoms with E-state index >= 15 is 0 Å². The lowest BCUT2D eigenvalue weighted by atomic mass is 10.1. The maximum absolute atomic E-state index is 13.0. The van der Waals surface area contributed by atoms with Crippen LogP contribution in [0.3, 0.4) is 0 Å². The van der Waals surface area contributed by atoms with Crippen LogP contribution in [0.4, 0.5) is 14.5 Å². The molecule has 0 aliphatic carbocycles. The van der Waals surface area contributed by atoms with Gasteiger partial charge in [0.15, 0.2) is 11.6 Å². The average Bonchev–Trinajstić information content (AvgIpc) is 2.37. The number of nitrogens with two attached hydrogens (primary N) is 1. The fourth-order valence-electron chi connectivity index (χ4n) is 1.40. The number of benzene rings is 1. The van der Waals surface area contributed by atoms with Crippen LogP contribution < -0.4 is 16.4 Å². The molecule has 1 aromatic carbocycles. The highest BCUT2D eigenvalue weighted by Gasteiger charge is 2.15. The summed E-state index contributed by atoms with van der Waals surface area (Å²) in [6.45, 7) is 4.09. The van der Waals surface area contributed by atoms with Crippen molar-refractivity contribution >= 4 is 17.5 Å². The zero-order valence-corrected chi connectivity index (χ0v) is 11.3. The molecule has 0 bridgehead atoms. The fraction of sp³-hybridized carbons (Fsp3) is 0.385. The van der Waals surface area contributed by atoms with E-state index < -0.39 is 17.5 Å². The van der Waals surface area contributed by atoms with Crippen molar-refractivity contribution < 1.29 is 18.4 Å². The van der Waals surface area contributed by atoms with Crippen LogP contribution in [0.25, 0.3) is 0 Å². The first-order chi connectivity index (χ1) is 9.31. The fourth-order valence-corrected chi connectivity index (χ4v) is 1.40. The van der Waals surface area contributed by atoms with Gasteiger partial charge in [0.1, 0.15) is 0 Å². The first-order valence-corrected chi connectivity index (χ1v) is 6.10. The number of carbonyl (C=O) groups excluding carboxylic acids is 2. The maximum atomic E-state index is 13.0. The molecule has 4 N–H and O–H groups in total. The Balaban J connectivity index is 2.59. The van der Waals surface area contributed by atoms with Crippen LogP contribution in [0.1, 0.15) is 24.2 Å². The van der Waals surface area contributed by atoms with Crippen molar-refractivity contribution in [3.63, 3.8) is 0 Å². The van der Waals surface area contributed by atoms with Gasteiger partial charge in [-0.05, 0) is 12.0 Å². The average molecular weight is 285 g/mol. The molecule has 0 saturated heterocycles. The molecule has 0 heterocycles. The summed E-state index contributed by atoms with van der Waals surface area (Å²) in [5.41, 5.74) is 5.03. The van der Waals surface area contributed by atoms with Crippen LogP contribution in [0.2, 0.25) is 0 Å². The van der Waals surface area contributed by atoms with Gasteiger partial charge in [-0.25, -0.2) is 8.78 Å². The number of carbonyl (C=O) groups is 2. The molecule has 0 unspecified atom stereocenters. The minimum absolute atomic E-state index is 0.191. The summed E-state index contributed by atoms with van der Waals surface area (Å²) in [6.07, 6.45) is 0. The predicted octanol–water partition coefficient (Wildman–Crippen LogP) is 1.05. The van der Waals surface area contributed by atoms with Crippen molar-refractivity contribution in [2.75, 3.05) is 18.8 Å². The molecule has 20 heavy (non-hydrogen) atoms. The lowest BCUT2D eigenvalue weighted by Crippen LogP contribution is -2.38. The summed E-state index contributed by atoms with van der Waals surface area (Å²) >= 11 is 0. The third-order valence-corrected chi connectivity index (χ3v) is 2.45. The third kappa shape index (κ3) is 4.49. The zero-order valence-electron chi connectivity index (χ0n) is 11.3. The van der Waals surface area contributed by atoms with Gasteiger partial charge in [-0.2, -0.15) is 0 Å². The largest absolute Gasteiger partial charge is 0.398 e. The van der Waals surface area contributed by atoms with E-state index in [-0.39, 0.29) is 29.6 Å². The van der Waals surface area contributed by atoms with Crippen molar-refractivity contribution in [3.05, 3.63) is 29.3 Å². The highest BCUT2D eigenvalue weighted by atomic mass is 19.2. The highest BCUT2D eigenvalue weighted by Crippen LogP contribution is 2.16. The lowest BCUT2D eigenvalue weighted by molar-refractivity contribution is -0.120. The van der Waals surface area contributed by atoms with E-state index in [1.165, 1.54) is 0 Å². The number of rotatable bonds is 5. The van der Waals surface area contributed by atoms with Crippen LogP contribution in [-0.4, -0.2) is 24.9 Å². The quantitative estimate of drug-likeness (QED) is 0.707. The van der Waals surface area contributed by atoms with Gasteiger partial charge >= 0.3 is 0 Å². The third-order valence-electron chi connectivity index (χ3n) is 2.45. The number of hydrogen-bond acceptors (Lipinski definition) is 3. The molecule has 0 atom stereocenters. The summed E-state index contributed by atoms with van der Waals surface area (Å²) in [6, 6.07) is 1.43. The van der Waals surface area contributed by atoms with Crippen LogP contribution in [0.5, 0.6) is 0 Å². The first kappa shape index (κ1) is 15.9. The van der Waals surface area contributed by atoms with E-state index in [4.69, 9.17) is 5.73 Å². The van der Waals surface area contributed by atoms with Crippen LogP contribution in [0.15, 0.2) is 12.1 Å². The smallest absolute Gasteiger partial charge is 0.253 e. The molecular weight excluding hydrogens is 268 g/mol. The van der Waals surface area contributed by atoms with Gasteiger partial charge in [0.25, 0.3) is 5.91 Å². The Morgan fingerprint density at radius 3 is 2.40 bits per heavy atom. The Hall–Kier alpha value is -2.18. The number of amides is 2. The van der Waals surface area contributed by atoms with Gasteiger partial charge in [-0.15, -0.1) is 0 Å². The molecule has 0 spiro atoms. The zero-order chi connectivity index (χ0) is 15.3. The molecule has 0 aliphatic heterocycles. The van der Waals surface area contributed by atoms with Gasteiger partial charge in [-0.3, -0.25) is 9.59 Å². The second-order valence-electron chi connectivity index (χ2n) is 4.73. The van der Waals surface area contributed by atoms with Gasteiger partial charge in [-0.1, -0.05) is 13.8 Å². The molecule has 110 valence electrons. The lowest BCUT2D eigenvalue weighted by Gasteiger charge is -2.10. The number of halogens is 2. The molecule has 5 nitrogen and oxygen atoms in total. The molecule has 1 rings (SSSR count). The topological polar surface area (TPSA) is 84.2 Å². The second kappa shape index (κ2) is 6.83. The molecule has 0 saturated carbocycles. The Bertz CT molecular complexity index is 519. The van der Waals surface area contributed by atoms with Crippen LogP contribution >= 0.6 is 0 Å². The molecule has 1 aromatic rings. The first-order valence-electron chi connectivity index (χ1n) is 6.10. The van der Waals surface area contributed by atoms with Crippen LogP contribution in [0, 0.1) is 17.6 Å². The number of nitrogen functional groups attached to an aromatic ring is 1. The normalized spacial score (nSPS) is 10.4. The molecule has 7 heteroatoms. The highest BCUT2D eigenvalue weighted by molar-refractivity contribution is 6.00.